The number of ether oxygens (including phenoxy) is 1. The molecule has 0 bridgehead atoms. The van der Waals surface area contributed by atoms with Crippen LogP contribution >= 0.6 is 27.7 Å². The molecule has 6 nitrogen and oxygen atoms in total. The number of hydrogen-bond donors (Lipinski definition) is 1. The average Bonchev–Trinajstić information content (AvgIpc) is 3.55. The minimum atomic E-state index is -1.31. The lowest BCUT2D eigenvalue weighted by molar-refractivity contribution is -0.133. The van der Waals surface area contributed by atoms with Gasteiger partial charge in [0.2, 0.25) is 0 Å². The third-order valence-electron chi connectivity index (χ3n) is 5.12. The van der Waals surface area contributed by atoms with Crippen LogP contribution in [-0.2, 0) is 9.59 Å². The third kappa shape index (κ3) is 4.12. The van der Waals surface area contributed by atoms with Crippen LogP contribution in [0.15, 0.2) is 45.8 Å². The molecule has 2 aromatic rings. The van der Waals surface area contributed by atoms with Crippen LogP contribution in [0.2, 0.25) is 0 Å². The molecule has 160 valence electrons. The summed E-state index contributed by atoms with van der Waals surface area (Å²) >= 11 is 4.02. The van der Waals surface area contributed by atoms with E-state index < -0.39 is 23.0 Å². The maximum atomic E-state index is 14.5. The lowest BCUT2D eigenvalue weighted by atomic mass is 9.97. The summed E-state index contributed by atoms with van der Waals surface area (Å²) in [5, 5.41) is 9.39. The van der Waals surface area contributed by atoms with E-state index in [2.05, 4.69) is 15.9 Å². The van der Waals surface area contributed by atoms with Crippen molar-refractivity contribution in [1.82, 2.24) is 4.90 Å². The Morgan fingerprint density at radius 3 is 2.68 bits per heavy atom. The van der Waals surface area contributed by atoms with Crippen LogP contribution < -0.4 is 4.74 Å². The summed E-state index contributed by atoms with van der Waals surface area (Å²) < 4.78 is 20.1. The molecule has 0 spiro atoms. The zero-order chi connectivity index (χ0) is 22.3. The molecular weight excluding hydrogens is 489 g/mol. The summed E-state index contributed by atoms with van der Waals surface area (Å²) in [6.45, 7) is 0. The number of benzene rings is 2. The van der Waals surface area contributed by atoms with Gasteiger partial charge in [-0.25, -0.2) is 4.39 Å². The molecule has 2 fully saturated rings. The maximum absolute atomic E-state index is 14.5. The molecule has 0 radical (unpaired) electrons. The quantitative estimate of drug-likeness (QED) is 0.552. The molecular formula is C22H17BrFNO5S. The van der Waals surface area contributed by atoms with Crippen molar-refractivity contribution < 1.29 is 28.6 Å². The topological polar surface area (TPSA) is 83.9 Å². The molecule has 1 N–H and O–H groups in total. The molecule has 1 atom stereocenters. The Kier molecular flexibility index (Phi) is 5.90. The molecule has 1 aliphatic heterocycles. The Balaban J connectivity index is 1.73. The van der Waals surface area contributed by atoms with Crippen molar-refractivity contribution >= 4 is 50.7 Å². The number of methoxy groups -OCH3 is 1. The monoisotopic (exact) mass is 505 g/mol. The van der Waals surface area contributed by atoms with E-state index in [1.165, 1.54) is 43.5 Å². The number of nitrogens with zero attached hydrogens (tertiary/aromatic N) is 1. The van der Waals surface area contributed by atoms with Crippen molar-refractivity contribution in [3.63, 3.8) is 0 Å². The van der Waals surface area contributed by atoms with Gasteiger partial charge in [-0.05, 0) is 54.4 Å². The standard InChI is InChI=1S/C22H17BrFNO5S/c1-30-17-10-14(23)12(8-16(17)26)9-18-21(28)25(22(29)31-18)19(20(27)11-6-7-11)13-4-2-3-5-15(13)24/h2-5,8-11,19,26H,6-7H2,1H3/b18-9-/t19-/m0/s1. The zero-order valence-electron chi connectivity index (χ0n) is 16.3. The van der Waals surface area contributed by atoms with E-state index in [9.17, 15) is 23.9 Å². The molecule has 2 amide bonds. The second-order valence-electron chi connectivity index (χ2n) is 7.20. The smallest absolute Gasteiger partial charge is 0.294 e. The van der Waals surface area contributed by atoms with Crippen molar-refractivity contribution in [2.75, 3.05) is 7.11 Å². The van der Waals surface area contributed by atoms with Crippen molar-refractivity contribution in [2.45, 2.75) is 18.9 Å². The Morgan fingerprint density at radius 2 is 2.03 bits per heavy atom. The van der Waals surface area contributed by atoms with Gasteiger partial charge in [0.15, 0.2) is 17.3 Å². The van der Waals surface area contributed by atoms with E-state index in [-0.39, 0.29) is 33.7 Å². The van der Waals surface area contributed by atoms with Crippen LogP contribution in [-0.4, -0.2) is 34.0 Å². The number of phenolic OH excluding ortho intramolecular Hbond substituents is 1. The highest BCUT2D eigenvalue weighted by Gasteiger charge is 2.47. The van der Waals surface area contributed by atoms with Gasteiger partial charge < -0.3 is 9.84 Å². The molecule has 31 heavy (non-hydrogen) atoms. The van der Waals surface area contributed by atoms with Crippen LogP contribution in [0.5, 0.6) is 11.5 Å². The third-order valence-corrected chi connectivity index (χ3v) is 6.69. The van der Waals surface area contributed by atoms with E-state index in [1.54, 1.807) is 6.07 Å². The van der Waals surface area contributed by atoms with Crippen molar-refractivity contribution in [1.29, 1.82) is 0 Å². The second-order valence-corrected chi connectivity index (χ2v) is 9.05. The highest BCUT2D eigenvalue weighted by Crippen LogP contribution is 2.44. The summed E-state index contributed by atoms with van der Waals surface area (Å²) in [6, 6.07) is 7.29. The molecule has 1 aliphatic carbocycles. The van der Waals surface area contributed by atoms with Crippen molar-refractivity contribution in [3.8, 4) is 11.5 Å². The number of aromatic hydroxyl groups is 1. The molecule has 4 rings (SSSR count). The minimum absolute atomic E-state index is 0.00576. The van der Waals surface area contributed by atoms with Crippen LogP contribution in [0.1, 0.15) is 30.0 Å². The Morgan fingerprint density at radius 1 is 1.32 bits per heavy atom. The van der Waals surface area contributed by atoms with Gasteiger partial charge in [0.25, 0.3) is 11.1 Å². The first-order chi connectivity index (χ1) is 14.8. The maximum Gasteiger partial charge on any atom is 0.294 e. The second kappa shape index (κ2) is 8.47. The molecule has 2 aromatic carbocycles. The number of ketones is 1. The van der Waals surface area contributed by atoms with E-state index in [0.717, 1.165) is 4.90 Å². The summed E-state index contributed by atoms with van der Waals surface area (Å²) in [6.07, 6.45) is 2.76. The molecule has 1 saturated heterocycles. The first kappa shape index (κ1) is 21.6. The molecule has 1 saturated carbocycles. The summed E-state index contributed by atoms with van der Waals surface area (Å²) in [5.41, 5.74) is 0.450. The van der Waals surface area contributed by atoms with Gasteiger partial charge in [0.1, 0.15) is 11.9 Å². The SMILES string of the molecule is COc1cc(Br)c(/C=C2\SC(=O)N([C@H](C(=O)C3CC3)c3ccccc3F)C2=O)cc1O. The van der Waals surface area contributed by atoms with Crippen LogP contribution in [0.4, 0.5) is 9.18 Å². The number of thioether (sulfide) groups is 1. The minimum Gasteiger partial charge on any atom is -0.504 e. The highest BCUT2D eigenvalue weighted by atomic mass is 79.9. The first-order valence-corrected chi connectivity index (χ1v) is 11.0. The van der Waals surface area contributed by atoms with E-state index in [0.29, 0.717) is 34.6 Å². The number of halogens is 2. The van der Waals surface area contributed by atoms with Gasteiger partial charge in [-0.2, -0.15) is 0 Å². The van der Waals surface area contributed by atoms with Gasteiger partial charge in [-0.1, -0.05) is 34.1 Å². The molecule has 0 aromatic heterocycles. The van der Waals surface area contributed by atoms with Crippen molar-refractivity contribution in [2.24, 2.45) is 5.92 Å². The largest absolute Gasteiger partial charge is 0.504 e. The average molecular weight is 506 g/mol. The van der Waals surface area contributed by atoms with Crippen LogP contribution in [0, 0.1) is 11.7 Å². The molecule has 1 heterocycles. The summed E-state index contributed by atoms with van der Waals surface area (Å²) in [4.78, 5) is 39.8. The number of rotatable bonds is 6. The number of amides is 2. The van der Waals surface area contributed by atoms with Gasteiger partial charge >= 0.3 is 0 Å². The van der Waals surface area contributed by atoms with Crippen molar-refractivity contribution in [3.05, 3.63) is 62.7 Å². The number of carbonyl (C=O) groups is 3. The number of phenols is 1. The Labute approximate surface area is 190 Å². The van der Waals surface area contributed by atoms with Gasteiger partial charge in [-0.3, -0.25) is 19.3 Å². The highest BCUT2D eigenvalue weighted by molar-refractivity contribution is 9.10. The number of imide groups is 1. The van der Waals surface area contributed by atoms with Gasteiger partial charge in [-0.15, -0.1) is 0 Å². The van der Waals surface area contributed by atoms with E-state index in [4.69, 9.17) is 4.74 Å². The zero-order valence-corrected chi connectivity index (χ0v) is 18.7. The number of carbonyl (C=O) groups excluding carboxylic acids is 3. The predicted octanol–water partition coefficient (Wildman–Crippen LogP) is 5.06. The molecule has 9 heteroatoms. The fourth-order valence-electron chi connectivity index (χ4n) is 3.39. The Bertz CT molecular complexity index is 1130. The van der Waals surface area contributed by atoms with Gasteiger partial charge in [0.05, 0.1) is 12.0 Å². The van der Waals surface area contributed by atoms with Crippen LogP contribution in [0.25, 0.3) is 6.08 Å². The Hall–Kier alpha value is -2.65. The molecule has 2 aliphatic rings. The number of hydrogen-bond acceptors (Lipinski definition) is 6. The fourth-order valence-corrected chi connectivity index (χ4v) is 4.67. The number of Topliss-reactive ketones (excluding diaryl/α,β-unsaturated/α-hetero) is 1. The molecule has 0 unspecified atom stereocenters. The normalized spacial score (nSPS) is 18.5. The summed E-state index contributed by atoms with van der Waals surface area (Å²) in [7, 11) is 1.41. The fraction of sp³-hybridized carbons (Fsp3) is 0.227. The van der Waals surface area contributed by atoms with Crippen LogP contribution in [0.3, 0.4) is 0 Å². The van der Waals surface area contributed by atoms with E-state index >= 15 is 0 Å². The lowest BCUT2D eigenvalue weighted by Gasteiger charge is -2.25. The first-order valence-electron chi connectivity index (χ1n) is 9.43. The van der Waals surface area contributed by atoms with E-state index in [1.807, 2.05) is 0 Å². The predicted molar refractivity (Wildman–Crippen MR) is 117 cm³/mol. The van der Waals surface area contributed by atoms with Gasteiger partial charge in [0, 0.05) is 16.0 Å². The summed E-state index contributed by atoms with van der Waals surface area (Å²) in [5.74, 6) is -1.84. The lowest BCUT2D eigenvalue weighted by Crippen LogP contribution is -2.38.